The Morgan fingerprint density at radius 1 is 0.921 bits per heavy atom. The quantitative estimate of drug-likeness (QED) is 0.351. The molecule has 1 aliphatic carbocycles. The van der Waals surface area contributed by atoms with Crippen LogP contribution in [0.25, 0.3) is 11.1 Å². The molecule has 1 saturated heterocycles. The van der Waals surface area contributed by atoms with E-state index in [0.29, 0.717) is 38.3 Å². The van der Waals surface area contributed by atoms with E-state index in [1.54, 1.807) is 17.0 Å². The van der Waals surface area contributed by atoms with Crippen molar-refractivity contribution in [3.05, 3.63) is 89.0 Å². The Morgan fingerprint density at radius 2 is 1.53 bits per heavy atom. The first-order valence-electron chi connectivity index (χ1n) is 13.0. The first kappa shape index (κ1) is 25.6. The molecule has 1 aliphatic heterocycles. The number of piperazine rings is 1. The third kappa shape index (κ3) is 5.46. The second kappa shape index (κ2) is 10.4. The second-order valence-electron chi connectivity index (χ2n) is 10.9. The van der Waals surface area contributed by atoms with Gasteiger partial charge in [0.05, 0.1) is 5.56 Å². The molecule has 0 atom stereocenters. The molecule has 38 heavy (non-hydrogen) atoms. The number of hydrogen-bond donors (Lipinski definition) is 1. The van der Waals surface area contributed by atoms with Crippen LogP contribution in [0.3, 0.4) is 0 Å². The number of benzene rings is 3. The van der Waals surface area contributed by atoms with Crippen LogP contribution in [0.1, 0.15) is 33.0 Å². The lowest BCUT2D eigenvalue weighted by atomic mass is 9.98. The lowest BCUT2D eigenvalue weighted by Gasteiger charge is -2.35. The summed E-state index contributed by atoms with van der Waals surface area (Å²) < 4.78 is 5.83. The maximum absolute atomic E-state index is 13.0. The minimum atomic E-state index is -1.60. The molecular formula is C31H32N2O4Si. The van der Waals surface area contributed by atoms with E-state index in [1.807, 2.05) is 30.3 Å². The smallest absolute Gasteiger partial charge is 0.409 e. The Hall–Kier alpha value is -4.02. The van der Waals surface area contributed by atoms with Crippen molar-refractivity contribution in [3.8, 4) is 22.6 Å². The highest BCUT2D eigenvalue weighted by molar-refractivity contribution is 6.83. The monoisotopic (exact) mass is 524 g/mol. The van der Waals surface area contributed by atoms with Crippen LogP contribution >= 0.6 is 0 Å². The zero-order valence-electron chi connectivity index (χ0n) is 22.0. The number of carboxylic acids is 1. The molecule has 1 amide bonds. The Balaban J connectivity index is 1.24. The average Bonchev–Trinajstić information content (AvgIpc) is 3.23. The number of nitrogens with zero attached hydrogens (tertiary/aromatic N) is 2. The van der Waals surface area contributed by atoms with E-state index in [0.717, 1.165) is 5.69 Å². The SMILES string of the molecule is C[Si](C)(C)C#Cc1cc(C(=O)O)cc(N2CCN(C(=O)OCC3c4ccccc4-c4ccccc43)CC2)c1. The Morgan fingerprint density at radius 3 is 2.11 bits per heavy atom. The minimum absolute atomic E-state index is 0.0297. The maximum Gasteiger partial charge on any atom is 0.409 e. The fourth-order valence-electron chi connectivity index (χ4n) is 5.08. The van der Waals surface area contributed by atoms with Gasteiger partial charge in [-0.05, 0) is 40.5 Å². The van der Waals surface area contributed by atoms with E-state index in [4.69, 9.17) is 4.74 Å². The fourth-order valence-corrected chi connectivity index (χ4v) is 5.60. The average molecular weight is 525 g/mol. The summed E-state index contributed by atoms with van der Waals surface area (Å²) in [5, 5.41) is 9.62. The Kier molecular flexibility index (Phi) is 7.00. The number of anilines is 1. The Bertz CT molecular complexity index is 1400. The highest BCUT2D eigenvalue weighted by atomic mass is 28.3. The summed E-state index contributed by atoms with van der Waals surface area (Å²) >= 11 is 0. The number of carboxylic acid groups (broad SMARTS) is 1. The predicted octanol–water partition coefficient (Wildman–Crippen LogP) is 5.68. The molecule has 194 valence electrons. The van der Waals surface area contributed by atoms with Gasteiger partial charge in [0.1, 0.15) is 14.7 Å². The van der Waals surface area contributed by atoms with Crippen LogP contribution in [-0.4, -0.2) is 62.9 Å². The number of carbonyl (C=O) groups is 2. The summed E-state index contributed by atoms with van der Waals surface area (Å²) in [6.45, 7) is 8.96. The number of ether oxygens (including phenoxy) is 1. The normalized spacial score (nSPS) is 14.8. The summed E-state index contributed by atoms with van der Waals surface area (Å²) in [5.41, 5.74) is 9.86. The van der Waals surface area contributed by atoms with Crippen molar-refractivity contribution >= 4 is 25.8 Å². The summed E-state index contributed by atoms with van der Waals surface area (Å²) in [7, 11) is -1.60. The van der Waals surface area contributed by atoms with Gasteiger partial charge in [0.2, 0.25) is 0 Å². The van der Waals surface area contributed by atoms with Crippen LogP contribution < -0.4 is 4.90 Å². The zero-order chi connectivity index (χ0) is 26.9. The van der Waals surface area contributed by atoms with Crippen molar-refractivity contribution < 1.29 is 19.4 Å². The van der Waals surface area contributed by atoms with Crippen LogP contribution in [0.4, 0.5) is 10.5 Å². The maximum atomic E-state index is 13.0. The van der Waals surface area contributed by atoms with Gasteiger partial charge < -0.3 is 19.6 Å². The van der Waals surface area contributed by atoms with Crippen LogP contribution in [0.15, 0.2) is 66.7 Å². The minimum Gasteiger partial charge on any atom is -0.478 e. The van der Waals surface area contributed by atoms with Gasteiger partial charge in [-0.2, -0.15) is 0 Å². The summed E-state index contributed by atoms with van der Waals surface area (Å²) in [5.74, 6) is 2.24. The first-order chi connectivity index (χ1) is 18.2. The molecule has 0 saturated carbocycles. The summed E-state index contributed by atoms with van der Waals surface area (Å²) in [6, 6.07) is 21.9. The molecule has 2 aliphatic rings. The van der Waals surface area contributed by atoms with Gasteiger partial charge in [0.25, 0.3) is 0 Å². The molecule has 1 heterocycles. The van der Waals surface area contributed by atoms with Crippen molar-refractivity contribution in [2.24, 2.45) is 0 Å². The molecule has 0 unspecified atom stereocenters. The third-order valence-electron chi connectivity index (χ3n) is 6.99. The number of hydrogen-bond acceptors (Lipinski definition) is 4. The molecule has 7 heteroatoms. The summed E-state index contributed by atoms with van der Waals surface area (Å²) in [6.07, 6.45) is -0.313. The zero-order valence-corrected chi connectivity index (χ0v) is 23.0. The van der Waals surface area contributed by atoms with E-state index in [2.05, 4.69) is 60.3 Å². The number of fused-ring (bicyclic) bond motifs is 3. The molecule has 0 spiro atoms. The van der Waals surface area contributed by atoms with Crippen molar-refractivity contribution in [1.29, 1.82) is 0 Å². The van der Waals surface area contributed by atoms with Crippen molar-refractivity contribution in [2.45, 2.75) is 25.6 Å². The standard InChI is InChI=1S/C31H32N2O4Si/c1-38(2,3)17-12-22-18-23(30(34)35)20-24(19-22)32-13-15-33(16-14-32)31(36)37-21-29-27-10-6-4-8-25(27)26-9-5-7-11-28(26)29/h4-11,18-20,29H,13-16,21H2,1-3H3,(H,34,35). The van der Waals surface area contributed by atoms with E-state index >= 15 is 0 Å². The van der Waals surface area contributed by atoms with Gasteiger partial charge in [0.15, 0.2) is 0 Å². The molecule has 6 nitrogen and oxygen atoms in total. The molecule has 3 aromatic rings. The van der Waals surface area contributed by atoms with Crippen molar-refractivity contribution in [3.63, 3.8) is 0 Å². The molecular weight excluding hydrogens is 492 g/mol. The highest BCUT2D eigenvalue weighted by Gasteiger charge is 2.30. The number of amides is 1. The van der Waals surface area contributed by atoms with Gasteiger partial charge in [-0.1, -0.05) is 74.1 Å². The topological polar surface area (TPSA) is 70.1 Å². The number of carbonyl (C=O) groups excluding carboxylic acids is 1. The van der Waals surface area contributed by atoms with Gasteiger partial charge in [-0.25, -0.2) is 9.59 Å². The van der Waals surface area contributed by atoms with Gasteiger partial charge >= 0.3 is 12.1 Å². The third-order valence-corrected chi connectivity index (χ3v) is 7.86. The molecule has 1 fully saturated rings. The first-order valence-corrected chi connectivity index (χ1v) is 16.5. The fraction of sp³-hybridized carbons (Fsp3) is 0.290. The van der Waals surface area contributed by atoms with Crippen LogP contribution in [0.5, 0.6) is 0 Å². The van der Waals surface area contributed by atoms with E-state index in [9.17, 15) is 14.7 Å². The van der Waals surface area contributed by atoms with Gasteiger partial charge in [0, 0.05) is 43.3 Å². The summed E-state index contributed by atoms with van der Waals surface area (Å²) in [4.78, 5) is 28.6. The van der Waals surface area contributed by atoms with Crippen molar-refractivity contribution in [1.82, 2.24) is 4.90 Å². The lowest BCUT2D eigenvalue weighted by Crippen LogP contribution is -2.49. The molecule has 0 aromatic heterocycles. The van der Waals surface area contributed by atoms with Gasteiger partial charge in [-0.3, -0.25) is 0 Å². The van der Waals surface area contributed by atoms with Crippen LogP contribution in [0.2, 0.25) is 19.6 Å². The lowest BCUT2D eigenvalue weighted by molar-refractivity contribution is 0.0696. The number of rotatable bonds is 4. The van der Waals surface area contributed by atoms with E-state index < -0.39 is 14.0 Å². The molecule has 1 N–H and O–H groups in total. The van der Waals surface area contributed by atoms with Crippen LogP contribution in [-0.2, 0) is 4.74 Å². The van der Waals surface area contributed by atoms with E-state index in [-0.39, 0.29) is 17.6 Å². The largest absolute Gasteiger partial charge is 0.478 e. The molecule has 3 aromatic carbocycles. The number of aromatic carboxylic acids is 1. The molecule has 0 radical (unpaired) electrons. The molecule has 0 bridgehead atoms. The highest BCUT2D eigenvalue weighted by Crippen LogP contribution is 2.44. The predicted molar refractivity (Wildman–Crippen MR) is 152 cm³/mol. The van der Waals surface area contributed by atoms with Gasteiger partial charge in [-0.15, -0.1) is 5.54 Å². The van der Waals surface area contributed by atoms with Crippen LogP contribution in [0, 0.1) is 11.5 Å². The van der Waals surface area contributed by atoms with Crippen molar-refractivity contribution in [2.75, 3.05) is 37.7 Å². The Labute approximate surface area is 224 Å². The molecule has 5 rings (SSSR count). The van der Waals surface area contributed by atoms with E-state index in [1.165, 1.54) is 22.3 Å². The second-order valence-corrected chi connectivity index (χ2v) is 15.6.